The van der Waals surface area contributed by atoms with Gasteiger partial charge in [0.1, 0.15) is 6.04 Å². The minimum Gasteiger partial charge on any atom is -0.480 e. The zero-order valence-corrected chi connectivity index (χ0v) is 14.8. The van der Waals surface area contributed by atoms with Crippen molar-refractivity contribution >= 4 is 27.6 Å². The lowest BCUT2D eigenvalue weighted by Gasteiger charge is -2.18. The van der Waals surface area contributed by atoms with E-state index < -0.39 is 22.0 Å². The fraction of sp³-hybridized carbons (Fsp3) is 0.500. The van der Waals surface area contributed by atoms with Crippen LogP contribution in [0.4, 0.5) is 5.69 Å². The highest BCUT2D eigenvalue weighted by Crippen LogP contribution is 2.30. The Morgan fingerprint density at radius 2 is 2.00 bits per heavy atom. The Balaban J connectivity index is 2.31. The lowest BCUT2D eigenvalue weighted by Crippen LogP contribution is -2.41. The van der Waals surface area contributed by atoms with Gasteiger partial charge < -0.3 is 10.0 Å². The van der Waals surface area contributed by atoms with E-state index in [9.17, 15) is 23.1 Å². The van der Waals surface area contributed by atoms with E-state index in [1.807, 2.05) is 13.8 Å². The van der Waals surface area contributed by atoms with Gasteiger partial charge >= 0.3 is 5.97 Å². The van der Waals surface area contributed by atoms with E-state index in [4.69, 9.17) is 0 Å². The molecule has 1 aliphatic rings. The van der Waals surface area contributed by atoms with E-state index in [0.29, 0.717) is 18.7 Å². The molecule has 0 spiro atoms. The number of rotatable bonds is 6. The fourth-order valence-corrected chi connectivity index (χ4v) is 4.00. The van der Waals surface area contributed by atoms with Crippen molar-refractivity contribution in [3.05, 3.63) is 23.8 Å². The number of amides is 1. The van der Waals surface area contributed by atoms with Gasteiger partial charge in [0.05, 0.1) is 4.90 Å². The molecule has 0 saturated heterocycles. The van der Waals surface area contributed by atoms with Crippen LogP contribution in [-0.2, 0) is 26.0 Å². The molecule has 0 unspecified atom stereocenters. The summed E-state index contributed by atoms with van der Waals surface area (Å²) in [7, 11) is -3.99. The molecule has 0 radical (unpaired) electrons. The van der Waals surface area contributed by atoms with Crippen LogP contribution in [0.5, 0.6) is 0 Å². The van der Waals surface area contributed by atoms with Crippen LogP contribution in [0, 0.1) is 5.92 Å². The normalized spacial score (nSPS) is 15.4. The van der Waals surface area contributed by atoms with Gasteiger partial charge in [-0.05, 0) is 36.5 Å². The Bertz CT molecular complexity index is 758. The highest BCUT2D eigenvalue weighted by molar-refractivity contribution is 7.89. The summed E-state index contributed by atoms with van der Waals surface area (Å²) in [6.45, 7) is 5.60. The number of fused-ring (bicyclic) bond motifs is 1. The molecule has 1 amide bonds. The maximum Gasteiger partial charge on any atom is 0.321 e. The van der Waals surface area contributed by atoms with E-state index in [1.54, 1.807) is 6.07 Å². The first-order valence-electron chi connectivity index (χ1n) is 7.78. The Labute approximate surface area is 141 Å². The molecule has 0 bridgehead atoms. The number of sulfonamides is 1. The van der Waals surface area contributed by atoms with Crippen LogP contribution in [0.25, 0.3) is 0 Å². The summed E-state index contributed by atoms with van der Waals surface area (Å²) in [6, 6.07) is 3.36. The van der Waals surface area contributed by atoms with Crippen molar-refractivity contribution in [1.82, 2.24) is 4.72 Å². The molecule has 2 N–H and O–H groups in total. The molecule has 1 aromatic carbocycles. The van der Waals surface area contributed by atoms with Gasteiger partial charge in [-0.3, -0.25) is 9.59 Å². The molecule has 1 aromatic rings. The molecule has 0 saturated carbocycles. The van der Waals surface area contributed by atoms with Crippen molar-refractivity contribution < 1.29 is 23.1 Å². The molecule has 7 nitrogen and oxygen atoms in total. The maximum absolute atomic E-state index is 12.5. The van der Waals surface area contributed by atoms with Crippen LogP contribution in [0.15, 0.2) is 23.1 Å². The van der Waals surface area contributed by atoms with Crippen molar-refractivity contribution in [2.75, 3.05) is 11.4 Å². The Morgan fingerprint density at radius 1 is 1.33 bits per heavy atom. The highest BCUT2D eigenvalue weighted by atomic mass is 32.2. The second-order valence-electron chi connectivity index (χ2n) is 6.35. The second kappa shape index (κ2) is 6.90. The Kier molecular flexibility index (Phi) is 5.29. The van der Waals surface area contributed by atoms with Crippen LogP contribution in [-0.4, -0.2) is 38.0 Å². The molecule has 24 heavy (non-hydrogen) atoms. The van der Waals surface area contributed by atoms with Crippen molar-refractivity contribution in [2.45, 2.75) is 44.6 Å². The molecular formula is C16H22N2O5S. The third kappa shape index (κ3) is 3.93. The summed E-state index contributed by atoms with van der Waals surface area (Å²) < 4.78 is 27.3. The Morgan fingerprint density at radius 3 is 2.54 bits per heavy atom. The topological polar surface area (TPSA) is 104 Å². The molecule has 132 valence electrons. The van der Waals surface area contributed by atoms with E-state index in [2.05, 4.69) is 4.72 Å². The standard InChI is InChI=1S/C16H22N2O5S/c1-10(2)8-14(16(20)21)17-24(22,23)13-5-4-12-6-7-18(11(3)19)15(12)9-13/h4-5,9-10,14,17H,6-8H2,1-3H3,(H,20,21)/t14-/m1/s1. The predicted octanol–water partition coefficient (Wildman–Crippen LogP) is 1.37. The number of hydrogen-bond acceptors (Lipinski definition) is 4. The van der Waals surface area contributed by atoms with Gasteiger partial charge in [-0.25, -0.2) is 8.42 Å². The Hall–Kier alpha value is -1.93. The minimum absolute atomic E-state index is 0.0297. The minimum atomic E-state index is -3.99. The quantitative estimate of drug-likeness (QED) is 0.803. The number of carbonyl (C=O) groups is 2. The molecule has 1 atom stereocenters. The number of carboxylic acid groups (broad SMARTS) is 1. The number of anilines is 1. The van der Waals surface area contributed by atoms with Gasteiger partial charge in [0.2, 0.25) is 15.9 Å². The lowest BCUT2D eigenvalue weighted by molar-refractivity contribution is -0.139. The van der Waals surface area contributed by atoms with Crippen molar-refractivity contribution in [1.29, 1.82) is 0 Å². The van der Waals surface area contributed by atoms with E-state index in [1.165, 1.54) is 24.0 Å². The monoisotopic (exact) mass is 354 g/mol. The number of benzene rings is 1. The summed E-state index contributed by atoms with van der Waals surface area (Å²) >= 11 is 0. The first kappa shape index (κ1) is 18.4. The molecule has 1 aliphatic heterocycles. The van der Waals surface area contributed by atoms with Crippen LogP contribution < -0.4 is 9.62 Å². The van der Waals surface area contributed by atoms with Crippen LogP contribution in [0.2, 0.25) is 0 Å². The van der Waals surface area contributed by atoms with E-state index in [0.717, 1.165) is 5.56 Å². The summed E-state index contributed by atoms with van der Waals surface area (Å²) in [5, 5.41) is 9.22. The zero-order valence-electron chi connectivity index (χ0n) is 13.9. The number of carboxylic acids is 1. The van der Waals surface area contributed by atoms with E-state index in [-0.39, 0.29) is 23.1 Å². The number of carbonyl (C=O) groups excluding carboxylic acids is 1. The van der Waals surface area contributed by atoms with Crippen LogP contribution in [0.1, 0.15) is 32.8 Å². The summed E-state index contributed by atoms with van der Waals surface area (Å²) in [4.78, 5) is 24.4. The highest BCUT2D eigenvalue weighted by Gasteiger charge is 2.29. The number of hydrogen-bond donors (Lipinski definition) is 2. The first-order valence-corrected chi connectivity index (χ1v) is 9.26. The maximum atomic E-state index is 12.5. The largest absolute Gasteiger partial charge is 0.480 e. The average molecular weight is 354 g/mol. The molecule has 0 fully saturated rings. The second-order valence-corrected chi connectivity index (χ2v) is 8.07. The van der Waals surface area contributed by atoms with Gasteiger partial charge in [0, 0.05) is 19.2 Å². The summed E-state index contributed by atoms with van der Waals surface area (Å²) in [5.74, 6) is -1.33. The van der Waals surface area contributed by atoms with Gasteiger partial charge in [-0.1, -0.05) is 19.9 Å². The number of nitrogens with one attached hydrogen (secondary N) is 1. The van der Waals surface area contributed by atoms with Crippen molar-refractivity contribution in [3.63, 3.8) is 0 Å². The third-order valence-corrected chi connectivity index (χ3v) is 5.41. The summed E-state index contributed by atoms with van der Waals surface area (Å²) in [5.41, 5.74) is 1.47. The zero-order chi connectivity index (χ0) is 18.1. The lowest BCUT2D eigenvalue weighted by atomic mass is 10.1. The molecule has 0 aromatic heterocycles. The molecular weight excluding hydrogens is 332 g/mol. The smallest absolute Gasteiger partial charge is 0.321 e. The van der Waals surface area contributed by atoms with E-state index >= 15 is 0 Å². The fourth-order valence-electron chi connectivity index (χ4n) is 2.78. The average Bonchev–Trinajstić information content (AvgIpc) is 2.88. The summed E-state index contributed by atoms with van der Waals surface area (Å²) in [6.07, 6.45) is 0.868. The first-order chi connectivity index (χ1) is 11.1. The van der Waals surface area contributed by atoms with Gasteiger partial charge in [0.15, 0.2) is 0 Å². The number of aliphatic carboxylic acids is 1. The molecule has 2 rings (SSSR count). The SMILES string of the molecule is CC(=O)N1CCc2ccc(S(=O)(=O)N[C@H](CC(C)C)C(=O)O)cc21. The van der Waals surface area contributed by atoms with Gasteiger partial charge in [-0.15, -0.1) is 0 Å². The predicted molar refractivity (Wildman–Crippen MR) is 89.4 cm³/mol. The molecule has 0 aliphatic carbocycles. The van der Waals surface area contributed by atoms with Gasteiger partial charge in [-0.2, -0.15) is 4.72 Å². The van der Waals surface area contributed by atoms with Crippen molar-refractivity contribution in [3.8, 4) is 0 Å². The van der Waals surface area contributed by atoms with Crippen LogP contribution in [0.3, 0.4) is 0 Å². The number of nitrogens with zero attached hydrogens (tertiary/aromatic N) is 1. The van der Waals surface area contributed by atoms with Crippen LogP contribution >= 0.6 is 0 Å². The molecule has 8 heteroatoms. The van der Waals surface area contributed by atoms with Gasteiger partial charge in [0.25, 0.3) is 0 Å². The molecule has 1 heterocycles. The van der Waals surface area contributed by atoms with Crippen molar-refractivity contribution in [2.24, 2.45) is 5.92 Å². The third-order valence-electron chi connectivity index (χ3n) is 3.95.